The molecule has 3 heterocycles. The van der Waals surface area contributed by atoms with Gasteiger partial charge in [0.1, 0.15) is 17.0 Å². The van der Waals surface area contributed by atoms with Crippen LogP contribution in [0.5, 0.6) is 0 Å². The standard InChI is InChI=1S/C41H42ClF3N8O6/c1-40(2,3)58-33(54)12-11-22-9-8-10-23-18-46-19-32(34(22)23)53-37(55)49-36(52(39(53)57)20-24-15-29(44)30(45)17-28(24)43)48-35-25(13-14-47-38(56)59-41(4,5)6)26-21-51(7)50-31(26)16-27(35)42/h8-10,15-19,21H,11-14,20H2,1-7H3,(H,47,56)(H,48,49,55). The van der Waals surface area contributed by atoms with Crippen molar-refractivity contribution in [2.75, 3.05) is 11.9 Å². The molecule has 18 heteroatoms. The van der Waals surface area contributed by atoms with Crippen molar-refractivity contribution >= 4 is 57.0 Å². The number of amides is 1. The third-order valence-corrected chi connectivity index (χ3v) is 9.16. The summed E-state index contributed by atoms with van der Waals surface area (Å²) in [5, 5.41) is 11.7. The molecule has 0 bridgehead atoms. The molecule has 0 aliphatic rings. The van der Waals surface area contributed by atoms with E-state index in [2.05, 4.69) is 25.7 Å². The summed E-state index contributed by atoms with van der Waals surface area (Å²) in [5.41, 5.74) is -2.32. The molecule has 0 fully saturated rings. The number of benzene rings is 3. The Morgan fingerprint density at radius 1 is 0.898 bits per heavy atom. The van der Waals surface area contributed by atoms with Gasteiger partial charge in [0.05, 0.1) is 34.7 Å². The number of rotatable bonds is 11. The molecule has 0 spiro atoms. The van der Waals surface area contributed by atoms with Crippen molar-refractivity contribution in [3.8, 4) is 5.69 Å². The summed E-state index contributed by atoms with van der Waals surface area (Å²) in [7, 11) is 1.70. The summed E-state index contributed by atoms with van der Waals surface area (Å²) in [6.07, 6.45) is 4.13. The SMILES string of the molecule is Cn1cc2c(CCNC(=O)OC(C)(C)C)c(Nc3nc(=O)n(-c4cncc5cccc(CCC(=O)OC(C)(C)C)c45)c(=O)n3Cc3cc(F)c(F)cc3F)c(Cl)cc2n1. The molecule has 3 aromatic carbocycles. The fraction of sp³-hybridized carbons (Fsp3) is 0.341. The van der Waals surface area contributed by atoms with E-state index in [0.29, 0.717) is 44.9 Å². The maximum Gasteiger partial charge on any atom is 0.407 e. The van der Waals surface area contributed by atoms with Crippen LogP contribution < -0.4 is 22.0 Å². The van der Waals surface area contributed by atoms with E-state index in [4.69, 9.17) is 21.1 Å². The van der Waals surface area contributed by atoms with E-state index >= 15 is 4.39 Å². The molecule has 0 unspecified atom stereocenters. The number of esters is 1. The van der Waals surface area contributed by atoms with Crippen LogP contribution in [0.25, 0.3) is 27.4 Å². The molecule has 0 saturated heterocycles. The molecule has 6 aromatic rings. The Bertz CT molecular complexity index is 2730. The van der Waals surface area contributed by atoms with Crippen molar-refractivity contribution in [2.45, 2.75) is 78.6 Å². The van der Waals surface area contributed by atoms with Crippen LogP contribution in [0.2, 0.25) is 5.02 Å². The second-order valence-electron chi connectivity index (χ2n) is 15.8. The monoisotopic (exact) mass is 834 g/mol. The average Bonchev–Trinajstić information content (AvgIpc) is 3.50. The normalized spacial score (nSPS) is 11.9. The number of aromatic nitrogens is 6. The molecule has 0 saturated carbocycles. The van der Waals surface area contributed by atoms with Crippen molar-refractivity contribution in [1.82, 2.24) is 34.2 Å². The molecule has 0 atom stereocenters. The maximum atomic E-state index is 15.3. The lowest BCUT2D eigenvalue weighted by Gasteiger charge is -2.21. The predicted octanol–water partition coefficient (Wildman–Crippen LogP) is 7.03. The summed E-state index contributed by atoms with van der Waals surface area (Å²) < 4.78 is 57.9. The van der Waals surface area contributed by atoms with Gasteiger partial charge in [-0.3, -0.25) is 19.0 Å². The third-order valence-electron chi connectivity index (χ3n) is 8.86. The first-order valence-electron chi connectivity index (χ1n) is 18.5. The Labute approximate surface area is 340 Å². The number of hydrogen-bond acceptors (Lipinski definition) is 10. The quantitative estimate of drug-likeness (QED) is 0.102. The second-order valence-corrected chi connectivity index (χ2v) is 16.2. The van der Waals surface area contributed by atoms with Gasteiger partial charge < -0.3 is 20.1 Å². The Kier molecular flexibility index (Phi) is 11.9. The van der Waals surface area contributed by atoms with Gasteiger partial charge in [0, 0.05) is 60.2 Å². The summed E-state index contributed by atoms with van der Waals surface area (Å²) in [6.45, 7) is 9.73. The number of hydrogen-bond donors (Lipinski definition) is 2. The van der Waals surface area contributed by atoms with Gasteiger partial charge in [-0.05, 0) is 77.6 Å². The number of alkyl carbamates (subject to hydrolysis) is 1. The van der Waals surface area contributed by atoms with Crippen LogP contribution in [0.3, 0.4) is 0 Å². The molecule has 1 amide bonds. The van der Waals surface area contributed by atoms with Gasteiger partial charge >= 0.3 is 23.4 Å². The lowest BCUT2D eigenvalue weighted by Crippen LogP contribution is -2.42. The Balaban J connectivity index is 1.51. The molecule has 3 aromatic heterocycles. The summed E-state index contributed by atoms with van der Waals surface area (Å²) in [6, 6.07) is 7.68. The van der Waals surface area contributed by atoms with Gasteiger partial charge in [-0.15, -0.1) is 0 Å². The van der Waals surface area contributed by atoms with Crippen molar-refractivity contribution < 1.29 is 32.2 Å². The van der Waals surface area contributed by atoms with Crippen LogP contribution in [0, 0.1) is 17.5 Å². The molecule has 0 radical (unpaired) electrons. The summed E-state index contributed by atoms with van der Waals surface area (Å²) in [4.78, 5) is 62.6. The first-order chi connectivity index (χ1) is 27.7. The van der Waals surface area contributed by atoms with Crippen LogP contribution in [-0.4, -0.2) is 58.7 Å². The van der Waals surface area contributed by atoms with Gasteiger partial charge in [-0.25, -0.2) is 32.1 Å². The van der Waals surface area contributed by atoms with Crippen molar-refractivity contribution in [3.63, 3.8) is 0 Å². The van der Waals surface area contributed by atoms with Gasteiger partial charge in [-0.1, -0.05) is 29.8 Å². The molecule has 14 nitrogen and oxygen atoms in total. The number of fused-ring (bicyclic) bond motifs is 2. The van der Waals surface area contributed by atoms with Gasteiger partial charge in [0.15, 0.2) is 11.6 Å². The zero-order chi connectivity index (χ0) is 43.0. The topological polar surface area (TPSA) is 164 Å². The number of ether oxygens (including phenoxy) is 2. The van der Waals surface area contributed by atoms with E-state index in [1.165, 1.54) is 12.4 Å². The van der Waals surface area contributed by atoms with Crippen molar-refractivity contribution in [2.24, 2.45) is 7.05 Å². The number of carbonyl (C=O) groups is 2. The molecule has 59 heavy (non-hydrogen) atoms. The number of pyridine rings is 1. The third kappa shape index (κ3) is 9.74. The molecule has 310 valence electrons. The first-order valence-corrected chi connectivity index (χ1v) is 18.9. The minimum Gasteiger partial charge on any atom is -0.460 e. The highest BCUT2D eigenvalue weighted by molar-refractivity contribution is 6.34. The van der Waals surface area contributed by atoms with E-state index < -0.39 is 70.2 Å². The number of halogens is 4. The van der Waals surface area contributed by atoms with Crippen LogP contribution in [-0.2, 0) is 40.7 Å². The largest absolute Gasteiger partial charge is 0.460 e. The number of carbonyl (C=O) groups excluding carboxylic acids is 2. The highest BCUT2D eigenvalue weighted by Crippen LogP contribution is 2.35. The average molecular weight is 835 g/mol. The zero-order valence-corrected chi connectivity index (χ0v) is 34.1. The molecular formula is C41H42ClF3N8O6. The van der Waals surface area contributed by atoms with Crippen LogP contribution in [0.4, 0.5) is 29.6 Å². The molecular weight excluding hydrogens is 793 g/mol. The fourth-order valence-electron chi connectivity index (χ4n) is 6.52. The Hall–Kier alpha value is -6.23. The Morgan fingerprint density at radius 2 is 1.61 bits per heavy atom. The maximum absolute atomic E-state index is 15.3. The van der Waals surface area contributed by atoms with E-state index in [9.17, 15) is 28.0 Å². The lowest BCUT2D eigenvalue weighted by molar-refractivity contribution is -0.154. The Morgan fingerprint density at radius 3 is 2.32 bits per heavy atom. The molecule has 0 aliphatic heterocycles. The van der Waals surface area contributed by atoms with Crippen LogP contribution in [0.1, 0.15) is 64.7 Å². The predicted molar refractivity (Wildman–Crippen MR) is 216 cm³/mol. The lowest BCUT2D eigenvalue weighted by atomic mass is 10.0. The number of aryl methyl sites for hydroxylation is 2. The molecule has 6 rings (SSSR count). The second kappa shape index (κ2) is 16.6. The minimum atomic E-state index is -1.44. The molecule has 0 aliphatic carbocycles. The minimum absolute atomic E-state index is 0.000402. The summed E-state index contributed by atoms with van der Waals surface area (Å²) >= 11 is 6.83. The number of nitrogens with one attached hydrogen (secondary N) is 2. The number of anilines is 2. The van der Waals surface area contributed by atoms with Crippen LogP contribution in [0.15, 0.2) is 64.6 Å². The highest BCUT2D eigenvalue weighted by Gasteiger charge is 2.24. The smallest absolute Gasteiger partial charge is 0.407 e. The molecule has 2 N–H and O–H groups in total. The van der Waals surface area contributed by atoms with Gasteiger partial charge in [0.25, 0.3) is 0 Å². The zero-order valence-electron chi connectivity index (χ0n) is 33.4. The van der Waals surface area contributed by atoms with E-state index in [-0.39, 0.29) is 42.2 Å². The van der Waals surface area contributed by atoms with Gasteiger partial charge in [0.2, 0.25) is 5.95 Å². The summed E-state index contributed by atoms with van der Waals surface area (Å²) in [5.74, 6) is -4.87. The van der Waals surface area contributed by atoms with Crippen LogP contribution >= 0.6 is 11.6 Å². The first kappa shape index (κ1) is 42.4. The van der Waals surface area contributed by atoms with E-state index in [0.717, 1.165) is 9.13 Å². The number of nitrogens with zero attached hydrogens (tertiary/aromatic N) is 6. The van der Waals surface area contributed by atoms with E-state index in [1.54, 1.807) is 83.7 Å². The van der Waals surface area contributed by atoms with E-state index in [1.807, 2.05) is 0 Å². The van der Waals surface area contributed by atoms with Gasteiger partial charge in [-0.2, -0.15) is 10.1 Å². The van der Waals surface area contributed by atoms with Crippen molar-refractivity contribution in [3.05, 3.63) is 115 Å². The van der Waals surface area contributed by atoms with Crippen molar-refractivity contribution in [1.29, 1.82) is 0 Å². The highest BCUT2D eigenvalue weighted by atomic mass is 35.5. The fourth-order valence-corrected chi connectivity index (χ4v) is 6.78.